The molecule has 2 unspecified atom stereocenters. The first-order valence-corrected chi connectivity index (χ1v) is 5.71. The largest absolute Gasteiger partial charge is 0.494 e. The summed E-state index contributed by atoms with van der Waals surface area (Å²) in [4.78, 5) is 11.9. The number of halogens is 1. The maximum absolute atomic E-state index is 13.6. The molecule has 0 aromatic heterocycles. The highest BCUT2D eigenvalue weighted by atomic mass is 19.1. The molecule has 1 aromatic carbocycles. The number of benzene rings is 1. The van der Waals surface area contributed by atoms with Gasteiger partial charge in [-0.25, -0.2) is 4.39 Å². The molecule has 0 saturated carbocycles. The van der Waals surface area contributed by atoms with Crippen molar-refractivity contribution in [1.29, 1.82) is 0 Å². The minimum absolute atomic E-state index is 0.0820. The third-order valence-electron chi connectivity index (χ3n) is 3.31. The fourth-order valence-electron chi connectivity index (χ4n) is 2.31. The topological polar surface area (TPSA) is 59.6 Å². The zero-order valence-corrected chi connectivity index (χ0v) is 9.83. The van der Waals surface area contributed by atoms with E-state index in [1.54, 1.807) is 6.07 Å². The molecule has 1 aromatic rings. The molecule has 2 aliphatic heterocycles. The van der Waals surface area contributed by atoms with E-state index >= 15 is 0 Å². The molecule has 2 N–H and O–H groups in total. The third-order valence-corrected chi connectivity index (χ3v) is 3.31. The number of hydrogen-bond donors (Lipinski definition) is 2. The van der Waals surface area contributed by atoms with Crippen LogP contribution in [0.2, 0.25) is 0 Å². The van der Waals surface area contributed by atoms with E-state index in [1.165, 1.54) is 13.2 Å². The maximum Gasteiger partial charge on any atom is 0.232 e. The number of hydrogen-bond acceptors (Lipinski definition) is 4. The molecule has 18 heavy (non-hydrogen) atoms. The van der Waals surface area contributed by atoms with Crippen molar-refractivity contribution in [3.05, 3.63) is 17.9 Å². The molecular weight excluding hydrogens is 239 g/mol. The Morgan fingerprint density at radius 1 is 1.39 bits per heavy atom. The summed E-state index contributed by atoms with van der Waals surface area (Å²) < 4.78 is 23.8. The maximum atomic E-state index is 13.6. The van der Waals surface area contributed by atoms with Gasteiger partial charge in [0.25, 0.3) is 0 Å². The summed E-state index contributed by atoms with van der Waals surface area (Å²) in [6.07, 6.45) is 0. The van der Waals surface area contributed by atoms with Crippen molar-refractivity contribution < 1.29 is 18.7 Å². The summed E-state index contributed by atoms with van der Waals surface area (Å²) in [5.41, 5.74) is 1.09. The van der Waals surface area contributed by atoms with Crippen LogP contribution in [0.3, 0.4) is 0 Å². The van der Waals surface area contributed by atoms with Crippen LogP contribution in [0, 0.1) is 11.7 Å². The molecule has 2 aliphatic rings. The highest BCUT2D eigenvalue weighted by Crippen LogP contribution is 2.35. The minimum Gasteiger partial charge on any atom is -0.494 e. The summed E-state index contributed by atoms with van der Waals surface area (Å²) in [6.45, 7) is 0.855. The van der Waals surface area contributed by atoms with Gasteiger partial charge in [-0.05, 0) is 0 Å². The fraction of sp³-hybridized carbons (Fsp3) is 0.417. The van der Waals surface area contributed by atoms with Gasteiger partial charge in [-0.3, -0.25) is 4.79 Å². The molecule has 5 nitrogen and oxygen atoms in total. The van der Waals surface area contributed by atoms with Gasteiger partial charge in [0.2, 0.25) is 5.91 Å². The highest BCUT2D eigenvalue weighted by Gasteiger charge is 2.37. The second kappa shape index (κ2) is 4.13. The third kappa shape index (κ3) is 1.69. The Balaban J connectivity index is 2.02. The van der Waals surface area contributed by atoms with Crippen molar-refractivity contribution in [2.45, 2.75) is 6.04 Å². The number of fused-ring (bicyclic) bond motifs is 2. The first kappa shape index (κ1) is 11.3. The van der Waals surface area contributed by atoms with E-state index in [-0.39, 0.29) is 23.6 Å². The van der Waals surface area contributed by atoms with Crippen molar-refractivity contribution >= 4 is 17.3 Å². The lowest BCUT2D eigenvalue weighted by Crippen LogP contribution is -2.33. The normalized spacial score (nSPS) is 25.6. The molecule has 1 saturated heterocycles. The molecule has 0 spiro atoms. The van der Waals surface area contributed by atoms with Gasteiger partial charge in [0, 0.05) is 12.1 Å². The van der Waals surface area contributed by atoms with Crippen molar-refractivity contribution in [3.63, 3.8) is 0 Å². The highest BCUT2D eigenvalue weighted by molar-refractivity contribution is 5.98. The van der Waals surface area contributed by atoms with E-state index in [2.05, 4.69) is 10.6 Å². The van der Waals surface area contributed by atoms with Crippen LogP contribution in [0.25, 0.3) is 0 Å². The summed E-state index contributed by atoms with van der Waals surface area (Å²) in [7, 11) is 1.40. The predicted octanol–water partition coefficient (Wildman–Crippen LogP) is 1.21. The van der Waals surface area contributed by atoms with Crippen molar-refractivity contribution in [2.75, 3.05) is 31.0 Å². The van der Waals surface area contributed by atoms with Crippen LogP contribution in [-0.4, -0.2) is 32.3 Å². The van der Waals surface area contributed by atoms with Crippen LogP contribution in [0.1, 0.15) is 0 Å². The van der Waals surface area contributed by atoms with Gasteiger partial charge in [0.1, 0.15) is 0 Å². The monoisotopic (exact) mass is 252 g/mol. The SMILES string of the molecule is COc1cc2c(cc1F)NC(=O)C1COCC1N2. The van der Waals surface area contributed by atoms with Crippen LogP contribution in [-0.2, 0) is 9.53 Å². The Labute approximate surface area is 103 Å². The molecule has 0 aliphatic carbocycles. The number of carbonyl (C=O) groups is 1. The molecule has 2 heterocycles. The standard InChI is InChI=1S/C12H13FN2O3/c1-17-11-3-9-8(2-7(11)13)15-12(16)6-4-18-5-10(6)14-9/h2-3,6,10,14H,4-5H2,1H3,(H,15,16). The number of ether oxygens (including phenoxy) is 2. The number of methoxy groups -OCH3 is 1. The van der Waals surface area contributed by atoms with Gasteiger partial charge >= 0.3 is 0 Å². The van der Waals surface area contributed by atoms with E-state index < -0.39 is 5.82 Å². The number of anilines is 2. The molecule has 1 fully saturated rings. The number of amides is 1. The average molecular weight is 252 g/mol. The van der Waals surface area contributed by atoms with Crippen LogP contribution in [0.4, 0.5) is 15.8 Å². The van der Waals surface area contributed by atoms with Crippen molar-refractivity contribution in [2.24, 2.45) is 5.92 Å². The first-order valence-electron chi connectivity index (χ1n) is 5.71. The minimum atomic E-state index is -0.498. The van der Waals surface area contributed by atoms with Gasteiger partial charge in [0.15, 0.2) is 11.6 Å². The quantitative estimate of drug-likeness (QED) is 0.788. The number of nitrogens with one attached hydrogen (secondary N) is 2. The molecule has 6 heteroatoms. The van der Waals surface area contributed by atoms with Crippen LogP contribution in [0.5, 0.6) is 5.75 Å². The Morgan fingerprint density at radius 3 is 3.00 bits per heavy atom. The fourth-order valence-corrected chi connectivity index (χ4v) is 2.31. The second-order valence-corrected chi connectivity index (χ2v) is 4.42. The van der Waals surface area contributed by atoms with E-state index in [0.29, 0.717) is 24.6 Å². The summed E-state index contributed by atoms with van der Waals surface area (Å²) >= 11 is 0. The molecule has 3 rings (SSSR count). The van der Waals surface area contributed by atoms with Crippen molar-refractivity contribution in [1.82, 2.24) is 0 Å². The lowest BCUT2D eigenvalue weighted by atomic mass is 10.0. The number of carbonyl (C=O) groups excluding carboxylic acids is 1. The number of rotatable bonds is 1. The lowest BCUT2D eigenvalue weighted by Gasteiger charge is -2.15. The van der Waals surface area contributed by atoms with E-state index in [4.69, 9.17) is 9.47 Å². The summed E-state index contributed by atoms with van der Waals surface area (Å²) in [5.74, 6) is -0.741. The van der Waals surface area contributed by atoms with Gasteiger partial charge in [0.05, 0.1) is 43.7 Å². The summed E-state index contributed by atoms with van der Waals surface area (Å²) in [5, 5.41) is 5.91. The average Bonchev–Trinajstić information content (AvgIpc) is 2.76. The Kier molecular flexibility index (Phi) is 2.59. The molecule has 1 amide bonds. The Morgan fingerprint density at radius 2 is 2.22 bits per heavy atom. The Bertz CT molecular complexity index is 506. The molecule has 0 bridgehead atoms. The molecule has 2 atom stereocenters. The van der Waals surface area contributed by atoms with Crippen LogP contribution >= 0.6 is 0 Å². The zero-order valence-electron chi connectivity index (χ0n) is 9.83. The molecule has 96 valence electrons. The molecule has 0 radical (unpaired) electrons. The predicted molar refractivity (Wildman–Crippen MR) is 63.3 cm³/mol. The van der Waals surface area contributed by atoms with Gasteiger partial charge in [-0.1, -0.05) is 0 Å². The second-order valence-electron chi connectivity index (χ2n) is 4.42. The zero-order chi connectivity index (χ0) is 12.7. The van der Waals surface area contributed by atoms with Crippen LogP contribution < -0.4 is 15.4 Å². The first-order chi connectivity index (χ1) is 8.69. The van der Waals surface area contributed by atoms with Gasteiger partial charge < -0.3 is 20.1 Å². The lowest BCUT2D eigenvalue weighted by molar-refractivity contribution is -0.119. The summed E-state index contributed by atoms with van der Waals surface area (Å²) in [6, 6.07) is 2.73. The van der Waals surface area contributed by atoms with Gasteiger partial charge in [-0.2, -0.15) is 0 Å². The van der Waals surface area contributed by atoms with E-state index in [9.17, 15) is 9.18 Å². The Hall–Kier alpha value is -1.82. The van der Waals surface area contributed by atoms with Gasteiger partial charge in [-0.15, -0.1) is 0 Å². The van der Waals surface area contributed by atoms with Crippen molar-refractivity contribution in [3.8, 4) is 5.75 Å². The van der Waals surface area contributed by atoms with Crippen LogP contribution in [0.15, 0.2) is 12.1 Å². The molecular formula is C12H13FN2O3. The smallest absolute Gasteiger partial charge is 0.232 e. The van der Waals surface area contributed by atoms with E-state index in [0.717, 1.165) is 0 Å². The van der Waals surface area contributed by atoms with E-state index in [1.807, 2.05) is 0 Å².